The molecule has 5 heteroatoms. The Kier molecular flexibility index (Phi) is 8.83. The number of nitrogens with zero attached hydrogens (tertiary/aromatic N) is 1. The van der Waals surface area contributed by atoms with Gasteiger partial charge in [0, 0.05) is 19.5 Å². The normalized spacial score (nSPS) is 15.8. The molecule has 0 atom stereocenters. The van der Waals surface area contributed by atoms with E-state index in [9.17, 15) is 4.79 Å². The fraction of sp³-hybridized carbons (Fsp3) is 0.867. The Morgan fingerprint density at radius 3 is 2.60 bits per heavy atom. The van der Waals surface area contributed by atoms with Crippen molar-refractivity contribution >= 4 is 11.9 Å². The molecule has 0 heterocycles. The van der Waals surface area contributed by atoms with Crippen LogP contribution in [0.15, 0.2) is 4.99 Å². The van der Waals surface area contributed by atoms with E-state index in [2.05, 4.69) is 15.0 Å². The van der Waals surface area contributed by atoms with Gasteiger partial charge in [-0.05, 0) is 31.6 Å². The first-order chi connectivity index (χ1) is 9.72. The molecule has 1 aliphatic carbocycles. The number of hydrogen-bond donors (Lipinski definition) is 2. The van der Waals surface area contributed by atoms with Crippen molar-refractivity contribution in [3.05, 3.63) is 0 Å². The zero-order valence-electron chi connectivity index (χ0n) is 12.7. The molecule has 1 rings (SSSR count). The van der Waals surface area contributed by atoms with Crippen molar-refractivity contribution < 1.29 is 9.53 Å². The lowest BCUT2D eigenvalue weighted by Crippen LogP contribution is -2.33. The van der Waals surface area contributed by atoms with Gasteiger partial charge >= 0.3 is 5.97 Å². The predicted octanol–water partition coefficient (Wildman–Crippen LogP) is 2.20. The molecule has 116 valence electrons. The quantitative estimate of drug-likeness (QED) is 0.279. The lowest BCUT2D eigenvalue weighted by atomic mass is 9.86. The molecule has 0 radical (unpaired) electrons. The summed E-state index contributed by atoms with van der Waals surface area (Å²) in [6.07, 6.45) is 9.91. The number of ether oxygens (including phenoxy) is 1. The largest absolute Gasteiger partial charge is 0.469 e. The second-order valence-electron chi connectivity index (χ2n) is 5.54. The third-order valence-electron chi connectivity index (χ3n) is 3.84. The minimum atomic E-state index is -0.109. The van der Waals surface area contributed by atoms with Gasteiger partial charge in [-0.15, -0.1) is 0 Å². The summed E-state index contributed by atoms with van der Waals surface area (Å²) in [5, 5.41) is 3.16. The highest BCUT2D eigenvalue weighted by Crippen LogP contribution is 2.26. The van der Waals surface area contributed by atoms with E-state index in [0.717, 1.165) is 51.1 Å². The number of unbranched alkanes of at least 4 members (excludes halogenated alkanes) is 4. The Hall–Kier alpha value is -1.26. The van der Waals surface area contributed by atoms with Crippen molar-refractivity contribution in [2.24, 2.45) is 16.6 Å². The van der Waals surface area contributed by atoms with Gasteiger partial charge in [0.05, 0.1) is 7.11 Å². The Labute approximate surface area is 122 Å². The average molecular weight is 283 g/mol. The highest BCUT2D eigenvalue weighted by Gasteiger charge is 2.16. The number of esters is 1. The second-order valence-corrected chi connectivity index (χ2v) is 5.54. The Bertz CT molecular complexity index is 301. The molecule has 0 unspecified atom stereocenters. The third-order valence-corrected chi connectivity index (χ3v) is 3.84. The molecule has 0 aromatic heterocycles. The van der Waals surface area contributed by atoms with Gasteiger partial charge in [0.25, 0.3) is 0 Å². The van der Waals surface area contributed by atoms with Crippen molar-refractivity contribution in [1.82, 2.24) is 5.32 Å². The maximum Gasteiger partial charge on any atom is 0.305 e. The van der Waals surface area contributed by atoms with E-state index in [0.29, 0.717) is 12.4 Å². The molecule has 0 aliphatic heterocycles. The monoisotopic (exact) mass is 283 g/mol. The summed E-state index contributed by atoms with van der Waals surface area (Å²) < 4.78 is 4.60. The van der Waals surface area contributed by atoms with Crippen LogP contribution in [0.2, 0.25) is 0 Å². The number of nitrogens with two attached hydrogens (primary N) is 1. The highest BCUT2D eigenvalue weighted by molar-refractivity contribution is 5.77. The SMILES string of the molecule is COC(=O)CCCCCCCNC(N)=NCC1CCC1. The van der Waals surface area contributed by atoms with E-state index in [4.69, 9.17) is 5.73 Å². The van der Waals surface area contributed by atoms with Crippen LogP contribution in [0.4, 0.5) is 0 Å². The van der Waals surface area contributed by atoms with Crippen molar-refractivity contribution in [3.8, 4) is 0 Å². The summed E-state index contributed by atoms with van der Waals surface area (Å²) in [6.45, 7) is 1.77. The zero-order chi connectivity index (χ0) is 14.6. The van der Waals surface area contributed by atoms with Gasteiger partial charge in [-0.2, -0.15) is 0 Å². The highest BCUT2D eigenvalue weighted by atomic mass is 16.5. The topological polar surface area (TPSA) is 76.7 Å². The molecule has 1 fully saturated rings. The fourth-order valence-electron chi connectivity index (χ4n) is 2.20. The Morgan fingerprint density at radius 1 is 1.25 bits per heavy atom. The predicted molar refractivity (Wildman–Crippen MR) is 81.6 cm³/mol. The van der Waals surface area contributed by atoms with Gasteiger partial charge in [0.1, 0.15) is 0 Å². The molecule has 20 heavy (non-hydrogen) atoms. The molecule has 0 saturated heterocycles. The molecule has 0 spiro atoms. The Morgan fingerprint density at radius 2 is 1.95 bits per heavy atom. The van der Waals surface area contributed by atoms with E-state index in [1.54, 1.807) is 0 Å². The van der Waals surface area contributed by atoms with Crippen molar-refractivity contribution in [1.29, 1.82) is 0 Å². The number of rotatable bonds is 10. The molecule has 0 aromatic carbocycles. The zero-order valence-corrected chi connectivity index (χ0v) is 12.7. The van der Waals surface area contributed by atoms with Crippen LogP contribution >= 0.6 is 0 Å². The Balaban J connectivity index is 1.84. The molecular weight excluding hydrogens is 254 g/mol. The fourth-order valence-corrected chi connectivity index (χ4v) is 2.20. The van der Waals surface area contributed by atoms with Gasteiger partial charge in [0.15, 0.2) is 5.96 Å². The van der Waals surface area contributed by atoms with Gasteiger partial charge in [-0.3, -0.25) is 9.79 Å². The second kappa shape index (κ2) is 10.5. The summed E-state index contributed by atoms with van der Waals surface area (Å²) in [7, 11) is 1.44. The van der Waals surface area contributed by atoms with Crippen LogP contribution < -0.4 is 11.1 Å². The number of carbonyl (C=O) groups excluding carboxylic acids is 1. The van der Waals surface area contributed by atoms with E-state index in [-0.39, 0.29) is 5.97 Å². The molecule has 3 N–H and O–H groups in total. The summed E-state index contributed by atoms with van der Waals surface area (Å²) in [6, 6.07) is 0. The van der Waals surface area contributed by atoms with E-state index in [1.165, 1.54) is 26.4 Å². The van der Waals surface area contributed by atoms with Crippen molar-refractivity contribution in [2.45, 2.75) is 57.8 Å². The molecule has 1 saturated carbocycles. The van der Waals surface area contributed by atoms with Gasteiger partial charge in [0.2, 0.25) is 0 Å². The van der Waals surface area contributed by atoms with Gasteiger partial charge < -0.3 is 15.8 Å². The van der Waals surface area contributed by atoms with E-state index < -0.39 is 0 Å². The molecule has 0 bridgehead atoms. The van der Waals surface area contributed by atoms with Crippen LogP contribution in [0.25, 0.3) is 0 Å². The third kappa shape index (κ3) is 8.02. The first-order valence-electron chi connectivity index (χ1n) is 7.83. The number of hydrogen-bond acceptors (Lipinski definition) is 3. The van der Waals surface area contributed by atoms with Crippen LogP contribution in [-0.2, 0) is 9.53 Å². The lowest BCUT2D eigenvalue weighted by molar-refractivity contribution is -0.140. The van der Waals surface area contributed by atoms with E-state index in [1.807, 2.05) is 0 Å². The smallest absolute Gasteiger partial charge is 0.305 e. The summed E-state index contributed by atoms with van der Waals surface area (Å²) in [5.41, 5.74) is 5.80. The number of methoxy groups -OCH3 is 1. The number of aliphatic imine (C=N–C) groups is 1. The van der Waals surface area contributed by atoms with Crippen molar-refractivity contribution in [2.75, 3.05) is 20.2 Å². The number of carbonyl (C=O) groups is 1. The van der Waals surface area contributed by atoms with Crippen LogP contribution in [0.3, 0.4) is 0 Å². The van der Waals surface area contributed by atoms with Crippen LogP contribution in [0.1, 0.15) is 57.8 Å². The minimum Gasteiger partial charge on any atom is -0.469 e. The van der Waals surface area contributed by atoms with Gasteiger partial charge in [-0.1, -0.05) is 25.7 Å². The molecule has 0 amide bonds. The molecule has 0 aromatic rings. The van der Waals surface area contributed by atoms with E-state index >= 15 is 0 Å². The van der Waals surface area contributed by atoms with Gasteiger partial charge in [-0.25, -0.2) is 0 Å². The summed E-state index contributed by atoms with van der Waals surface area (Å²) in [5.74, 6) is 1.25. The number of nitrogens with one attached hydrogen (secondary N) is 1. The van der Waals surface area contributed by atoms with Crippen LogP contribution in [-0.4, -0.2) is 32.1 Å². The van der Waals surface area contributed by atoms with Crippen LogP contribution in [0, 0.1) is 5.92 Å². The standard InChI is InChI=1S/C15H29N3O2/c1-20-14(19)10-5-3-2-4-6-11-17-15(16)18-12-13-8-7-9-13/h13H,2-12H2,1H3,(H3,16,17,18). The average Bonchev–Trinajstić information content (AvgIpc) is 2.39. The maximum absolute atomic E-state index is 10.9. The van der Waals surface area contributed by atoms with Crippen molar-refractivity contribution in [3.63, 3.8) is 0 Å². The van der Waals surface area contributed by atoms with Crippen LogP contribution in [0.5, 0.6) is 0 Å². The molecular formula is C15H29N3O2. The molecule has 5 nitrogen and oxygen atoms in total. The number of guanidine groups is 1. The summed E-state index contributed by atoms with van der Waals surface area (Å²) in [4.78, 5) is 15.3. The minimum absolute atomic E-state index is 0.109. The lowest BCUT2D eigenvalue weighted by Gasteiger charge is -2.23. The maximum atomic E-state index is 10.9. The summed E-state index contributed by atoms with van der Waals surface area (Å²) >= 11 is 0. The first-order valence-corrected chi connectivity index (χ1v) is 7.83. The first kappa shape index (κ1) is 16.8. The molecule has 1 aliphatic rings.